The summed E-state index contributed by atoms with van der Waals surface area (Å²) in [5.41, 5.74) is 0.426. The lowest BCUT2D eigenvalue weighted by Crippen LogP contribution is -2.34. The normalized spacial score (nSPS) is 10.1. The molecule has 7 nitrogen and oxygen atoms in total. The molecule has 1 amide bonds. The van der Waals surface area contributed by atoms with Crippen molar-refractivity contribution in [1.82, 2.24) is 5.32 Å². The van der Waals surface area contributed by atoms with Crippen molar-refractivity contribution in [2.75, 3.05) is 11.9 Å². The molecule has 0 aliphatic carbocycles. The summed E-state index contributed by atoms with van der Waals surface area (Å²) in [5, 5.41) is 16.2. The summed E-state index contributed by atoms with van der Waals surface area (Å²) in [4.78, 5) is 22.6. The molecule has 0 saturated carbocycles. The van der Waals surface area contributed by atoms with Crippen molar-refractivity contribution >= 4 is 62.1 Å². The van der Waals surface area contributed by atoms with E-state index in [-0.39, 0.29) is 21.5 Å². The molecule has 0 aliphatic rings. The molecule has 0 heterocycles. The molecular weight excluding hydrogens is 446 g/mol. The molecular formula is C16H13BrClN3O4S. The van der Waals surface area contributed by atoms with Gasteiger partial charge in [0, 0.05) is 17.7 Å². The van der Waals surface area contributed by atoms with Crippen molar-refractivity contribution in [3.63, 3.8) is 0 Å². The van der Waals surface area contributed by atoms with Crippen molar-refractivity contribution in [2.45, 2.75) is 6.92 Å². The van der Waals surface area contributed by atoms with Crippen LogP contribution in [0.3, 0.4) is 0 Å². The lowest BCUT2D eigenvalue weighted by molar-refractivity contribution is -0.384. The summed E-state index contributed by atoms with van der Waals surface area (Å²) in [6.07, 6.45) is 0. The van der Waals surface area contributed by atoms with Crippen molar-refractivity contribution in [3.8, 4) is 5.75 Å². The minimum Gasteiger partial charge on any atom is -0.493 e. The zero-order chi connectivity index (χ0) is 19.3. The third-order valence-electron chi connectivity index (χ3n) is 3.13. The number of thiocarbonyl (C=S) groups is 1. The summed E-state index contributed by atoms with van der Waals surface area (Å²) < 4.78 is 6.02. The van der Waals surface area contributed by atoms with Crippen molar-refractivity contribution < 1.29 is 14.5 Å². The van der Waals surface area contributed by atoms with E-state index in [9.17, 15) is 14.9 Å². The van der Waals surface area contributed by atoms with Crippen LogP contribution < -0.4 is 15.4 Å². The fraction of sp³-hybridized carbons (Fsp3) is 0.125. The van der Waals surface area contributed by atoms with E-state index in [1.165, 1.54) is 18.2 Å². The van der Waals surface area contributed by atoms with E-state index in [1.807, 2.05) is 6.92 Å². The first-order valence-electron chi connectivity index (χ1n) is 7.30. The number of hydrogen-bond acceptors (Lipinski definition) is 5. The number of carbonyl (C=O) groups excluding carboxylic acids is 1. The van der Waals surface area contributed by atoms with Crippen LogP contribution in [0.4, 0.5) is 11.4 Å². The van der Waals surface area contributed by atoms with Gasteiger partial charge in [0.2, 0.25) is 0 Å². The second-order valence-electron chi connectivity index (χ2n) is 4.91. The Labute approximate surface area is 168 Å². The number of amides is 1. The van der Waals surface area contributed by atoms with E-state index in [4.69, 9.17) is 28.6 Å². The molecule has 0 aliphatic heterocycles. The topological polar surface area (TPSA) is 93.5 Å². The highest BCUT2D eigenvalue weighted by Gasteiger charge is 2.14. The molecule has 2 aromatic rings. The number of anilines is 1. The highest BCUT2D eigenvalue weighted by atomic mass is 79.9. The van der Waals surface area contributed by atoms with Gasteiger partial charge < -0.3 is 10.1 Å². The van der Waals surface area contributed by atoms with Gasteiger partial charge in [-0.2, -0.15) is 0 Å². The first-order chi connectivity index (χ1) is 12.3. The van der Waals surface area contributed by atoms with E-state index < -0.39 is 10.8 Å². The molecule has 10 heteroatoms. The Bertz CT molecular complexity index is 879. The van der Waals surface area contributed by atoms with Gasteiger partial charge in [-0.15, -0.1) is 0 Å². The zero-order valence-corrected chi connectivity index (χ0v) is 16.6. The molecule has 26 heavy (non-hydrogen) atoms. The summed E-state index contributed by atoms with van der Waals surface area (Å²) in [5.74, 6) is 0.168. The van der Waals surface area contributed by atoms with Gasteiger partial charge in [0.1, 0.15) is 5.75 Å². The van der Waals surface area contributed by atoms with Gasteiger partial charge >= 0.3 is 0 Å². The number of non-ortho nitro benzene ring substituents is 1. The minimum absolute atomic E-state index is 0.0394. The van der Waals surface area contributed by atoms with Crippen LogP contribution in [0.15, 0.2) is 40.9 Å². The Morgan fingerprint density at radius 1 is 1.35 bits per heavy atom. The maximum Gasteiger partial charge on any atom is 0.271 e. The molecule has 0 bridgehead atoms. The molecule has 0 aromatic heterocycles. The second kappa shape index (κ2) is 8.93. The third kappa shape index (κ3) is 5.13. The lowest BCUT2D eigenvalue weighted by Gasteiger charge is -2.12. The van der Waals surface area contributed by atoms with E-state index in [1.54, 1.807) is 18.2 Å². The summed E-state index contributed by atoms with van der Waals surface area (Å²) in [6.45, 7) is 2.36. The molecule has 0 unspecified atom stereocenters. The highest BCUT2D eigenvalue weighted by Crippen LogP contribution is 2.27. The van der Waals surface area contributed by atoms with E-state index in [0.717, 1.165) is 0 Å². The number of hydrogen-bond donors (Lipinski definition) is 2. The largest absolute Gasteiger partial charge is 0.493 e. The SMILES string of the molecule is CCOc1ccc(C(=O)NC(=S)Nc2cc([N+](=O)[O-])ccc2Cl)cc1Br. The molecule has 0 radical (unpaired) electrons. The number of nitrogens with one attached hydrogen (secondary N) is 2. The van der Waals surface area contributed by atoms with E-state index in [2.05, 4.69) is 26.6 Å². The van der Waals surface area contributed by atoms with Crippen LogP contribution in [0.5, 0.6) is 5.75 Å². The van der Waals surface area contributed by atoms with Crippen LogP contribution >= 0.6 is 39.7 Å². The first-order valence-corrected chi connectivity index (χ1v) is 8.88. The number of rotatable bonds is 5. The van der Waals surface area contributed by atoms with Crippen molar-refractivity contribution in [3.05, 3.63) is 61.6 Å². The van der Waals surface area contributed by atoms with Gasteiger partial charge in [-0.3, -0.25) is 20.2 Å². The Balaban J connectivity index is 2.08. The summed E-state index contributed by atoms with van der Waals surface area (Å²) >= 11 is 14.4. The van der Waals surface area contributed by atoms with Crippen LogP contribution in [0.25, 0.3) is 0 Å². The smallest absolute Gasteiger partial charge is 0.271 e. The van der Waals surface area contributed by atoms with Crippen LogP contribution in [0, 0.1) is 10.1 Å². The fourth-order valence-corrected chi connectivity index (χ4v) is 2.83. The molecule has 136 valence electrons. The Morgan fingerprint density at radius 3 is 2.69 bits per heavy atom. The number of ether oxygens (including phenoxy) is 1. The first kappa shape index (κ1) is 20.1. The molecule has 2 N–H and O–H groups in total. The van der Waals surface area contributed by atoms with Gasteiger partial charge in [-0.1, -0.05) is 11.6 Å². The van der Waals surface area contributed by atoms with Gasteiger partial charge in [-0.05, 0) is 59.3 Å². The predicted molar refractivity (Wildman–Crippen MR) is 107 cm³/mol. The number of halogens is 2. The summed E-state index contributed by atoms with van der Waals surface area (Å²) in [6, 6.07) is 8.73. The Kier molecular flexibility index (Phi) is 6.90. The maximum atomic E-state index is 12.3. The number of nitro benzene ring substituents is 1. The monoisotopic (exact) mass is 457 g/mol. The number of nitrogens with zero attached hydrogens (tertiary/aromatic N) is 1. The zero-order valence-electron chi connectivity index (χ0n) is 13.4. The van der Waals surface area contributed by atoms with Crippen LogP contribution in [-0.4, -0.2) is 22.5 Å². The van der Waals surface area contributed by atoms with E-state index in [0.29, 0.717) is 22.4 Å². The molecule has 2 rings (SSSR count). The quantitative estimate of drug-likeness (QED) is 0.388. The molecule has 0 atom stereocenters. The molecule has 0 spiro atoms. The van der Waals surface area contributed by atoms with Crippen LogP contribution in [0.1, 0.15) is 17.3 Å². The van der Waals surface area contributed by atoms with Gasteiger partial charge in [-0.25, -0.2) is 0 Å². The average molecular weight is 459 g/mol. The number of nitro groups is 1. The van der Waals surface area contributed by atoms with E-state index >= 15 is 0 Å². The minimum atomic E-state index is -0.555. The molecule has 0 fully saturated rings. The van der Waals surface area contributed by atoms with Crippen LogP contribution in [-0.2, 0) is 0 Å². The molecule has 2 aromatic carbocycles. The lowest BCUT2D eigenvalue weighted by atomic mass is 10.2. The van der Waals surface area contributed by atoms with Crippen LogP contribution in [0.2, 0.25) is 5.02 Å². The average Bonchev–Trinajstić information content (AvgIpc) is 2.58. The second-order valence-corrected chi connectivity index (χ2v) is 6.58. The van der Waals surface area contributed by atoms with Crippen molar-refractivity contribution in [2.24, 2.45) is 0 Å². The van der Waals surface area contributed by atoms with Gasteiger partial charge in [0.15, 0.2) is 5.11 Å². The number of benzene rings is 2. The Hall–Kier alpha value is -2.23. The standard InChI is InChI=1S/C16H13BrClN3O4S/c1-2-25-14-6-3-9(7-11(14)17)15(22)20-16(26)19-13-8-10(21(23)24)4-5-12(13)18/h3-8H,2H2,1H3,(H2,19,20,22,26). The summed E-state index contributed by atoms with van der Waals surface area (Å²) in [7, 11) is 0. The fourth-order valence-electron chi connectivity index (χ4n) is 1.97. The Morgan fingerprint density at radius 2 is 2.08 bits per heavy atom. The molecule has 0 saturated heterocycles. The third-order valence-corrected chi connectivity index (χ3v) is 4.28. The van der Waals surface area contributed by atoms with Crippen molar-refractivity contribution in [1.29, 1.82) is 0 Å². The maximum absolute atomic E-state index is 12.3. The van der Waals surface area contributed by atoms with Gasteiger partial charge in [0.05, 0.1) is 26.7 Å². The highest BCUT2D eigenvalue weighted by molar-refractivity contribution is 9.10. The number of carbonyl (C=O) groups is 1. The van der Waals surface area contributed by atoms with Gasteiger partial charge in [0.25, 0.3) is 11.6 Å². The predicted octanol–water partition coefficient (Wildman–Crippen LogP) is 4.54.